The summed E-state index contributed by atoms with van der Waals surface area (Å²) in [4.78, 5) is 40.8. The molecule has 0 aliphatic carbocycles. The van der Waals surface area contributed by atoms with Crippen molar-refractivity contribution in [2.45, 2.75) is 32.9 Å². The lowest BCUT2D eigenvalue weighted by Crippen LogP contribution is -2.50. The molecule has 0 spiro atoms. The molecule has 3 heterocycles. The molecule has 30 heavy (non-hydrogen) atoms. The van der Waals surface area contributed by atoms with Crippen molar-refractivity contribution in [3.05, 3.63) is 36.5 Å². The first-order valence-electron chi connectivity index (χ1n) is 9.87. The van der Waals surface area contributed by atoms with Crippen molar-refractivity contribution in [3.63, 3.8) is 0 Å². The average Bonchev–Trinajstić information content (AvgIpc) is 2.75. The standard InChI is InChI=1S/C21H27N5O4/c1-13-9-26(14(2)11-27)21(29)18-5-16(17-6-22-12-23-7-17)8-24-20(18)30-19(13)10-25(4)15(3)28/h5-8,12-14,19,27H,9-11H2,1-4H3/t13-,14-,19-/m1/s1. The zero-order valence-corrected chi connectivity index (χ0v) is 17.6. The van der Waals surface area contributed by atoms with E-state index in [4.69, 9.17) is 4.74 Å². The Hall–Kier alpha value is -3.07. The highest BCUT2D eigenvalue weighted by molar-refractivity contribution is 5.98. The third-order valence-electron chi connectivity index (χ3n) is 5.41. The second-order valence-electron chi connectivity index (χ2n) is 7.73. The minimum atomic E-state index is -0.374. The number of carbonyl (C=O) groups excluding carboxylic acids is 2. The molecule has 0 aromatic carbocycles. The first-order chi connectivity index (χ1) is 14.3. The highest BCUT2D eigenvalue weighted by Crippen LogP contribution is 2.30. The topological polar surface area (TPSA) is 109 Å². The third-order valence-corrected chi connectivity index (χ3v) is 5.41. The predicted octanol–water partition coefficient (Wildman–Crippen LogP) is 1.24. The van der Waals surface area contributed by atoms with Gasteiger partial charge in [-0.3, -0.25) is 9.59 Å². The zero-order valence-electron chi connectivity index (χ0n) is 17.6. The monoisotopic (exact) mass is 413 g/mol. The third kappa shape index (κ3) is 4.56. The number of carbonyl (C=O) groups is 2. The molecule has 1 aliphatic rings. The second-order valence-corrected chi connectivity index (χ2v) is 7.73. The number of aromatic nitrogens is 3. The molecule has 0 saturated carbocycles. The molecule has 1 N–H and O–H groups in total. The lowest BCUT2D eigenvalue weighted by atomic mass is 9.99. The summed E-state index contributed by atoms with van der Waals surface area (Å²) < 4.78 is 6.15. The van der Waals surface area contributed by atoms with Gasteiger partial charge in [-0.1, -0.05) is 6.92 Å². The van der Waals surface area contributed by atoms with Crippen LogP contribution in [-0.2, 0) is 4.79 Å². The van der Waals surface area contributed by atoms with Crippen LogP contribution < -0.4 is 4.74 Å². The van der Waals surface area contributed by atoms with Crippen LogP contribution in [0.3, 0.4) is 0 Å². The van der Waals surface area contributed by atoms with Crippen molar-refractivity contribution in [2.75, 3.05) is 26.7 Å². The molecule has 2 aromatic heterocycles. The molecule has 2 amide bonds. The number of likely N-dealkylation sites (N-methyl/N-ethyl adjacent to an activating group) is 1. The number of hydrogen-bond acceptors (Lipinski definition) is 7. The van der Waals surface area contributed by atoms with Gasteiger partial charge >= 0.3 is 0 Å². The van der Waals surface area contributed by atoms with E-state index in [9.17, 15) is 14.7 Å². The quantitative estimate of drug-likeness (QED) is 0.785. The van der Waals surface area contributed by atoms with E-state index in [-0.39, 0.29) is 42.4 Å². The Kier molecular flexibility index (Phi) is 6.61. The maximum absolute atomic E-state index is 13.4. The number of hydrogen-bond donors (Lipinski definition) is 1. The van der Waals surface area contributed by atoms with Crippen molar-refractivity contribution in [1.29, 1.82) is 0 Å². The Morgan fingerprint density at radius 2 is 2.03 bits per heavy atom. The van der Waals surface area contributed by atoms with Crippen molar-refractivity contribution in [2.24, 2.45) is 5.92 Å². The summed E-state index contributed by atoms with van der Waals surface area (Å²) in [6.45, 7) is 5.84. The Morgan fingerprint density at radius 3 is 2.67 bits per heavy atom. The molecule has 0 saturated heterocycles. The van der Waals surface area contributed by atoms with Crippen LogP contribution in [0.15, 0.2) is 31.0 Å². The van der Waals surface area contributed by atoms with E-state index in [0.717, 1.165) is 5.56 Å². The Morgan fingerprint density at radius 1 is 1.33 bits per heavy atom. The van der Waals surface area contributed by atoms with Crippen LogP contribution in [0.5, 0.6) is 5.88 Å². The Labute approximate surface area is 175 Å². The lowest BCUT2D eigenvalue weighted by Gasteiger charge is -2.37. The van der Waals surface area contributed by atoms with Crippen LogP contribution in [-0.4, -0.2) is 80.6 Å². The maximum Gasteiger partial charge on any atom is 0.259 e. The van der Waals surface area contributed by atoms with Gasteiger partial charge in [-0.05, 0) is 13.0 Å². The molecular formula is C21H27N5O4. The van der Waals surface area contributed by atoms with Crippen LogP contribution in [0.4, 0.5) is 0 Å². The number of nitrogens with zero attached hydrogens (tertiary/aromatic N) is 5. The first kappa shape index (κ1) is 21.6. The molecular weight excluding hydrogens is 386 g/mol. The van der Waals surface area contributed by atoms with E-state index in [0.29, 0.717) is 24.2 Å². The molecule has 0 unspecified atom stereocenters. The molecule has 0 bridgehead atoms. The van der Waals surface area contributed by atoms with E-state index in [1.807, 2.05) is 6.92 Å². The number of amides is 2. The van der Waals surface area contributed by atoms with Gasteiger partial charge in [-0.2, -0.15) is 0 Å². The average molecular weight is 413 g/mol. The van der Waals surface area contributed by atoms with Gasteiger partial charge in [0.25, 0.3) is 5.91 Å². The molecule has 1 aliphatic heterocycles. The van der Waals surface area contributed by atoms with Gasteiger partial charge in [-0.25, -0.2) is 15.0 Å². The number of pyridine rings is 1. The normalized spacial score (nSPS) is 19.9. The number of aliphatic hydroxyl groups excluding tert-OH is 1. The summed E-state index contributed by atoms with van der Waals surface area (Å²) in [5, 5.41) is 9.71. The van der Waals surface area contributed by atoms with Crippen LogP contribution in [0.1, 0.15) is 31.1 Å². The van der Waals surface area contributed by atoms with E-state index >= 15 is 0 Å². The summed E-state index contributed by atoms with van der Waals surface area (Å²) in [6.07, 6.45) is 5.97. The number of ether oxygens (including phenoxy) is 1. The molecule has 3 rings (SSSR count). The summed E-state index contributed by atoms with van der Waals surface area (Å²) in [5.41, 5.74) is 1.72. The SMILES string of the molecule is CC(=O)N(C)C[C@H]1Oc2ncc(-c3cncnc3)cc2C(=O)N([C@H](C)CO)C[C@H]1C. The van der Waals surface area contributed by atoms with E-state index in [1.54, 1.807) is 48.4 Å². The molecule has 2 aromatic rings. The number of fused-ring (bicyclic) bond motifs is 1. The fourth-order valence-corrected chi connectivity index (χ4v) is 3.32. The zero-order chi connectivity index (χ0) is 21.8. The minimum absolute atomic E-state index is 0.0721. The highest BCUT2D eigenvalue weighted by Gasteiger charge is 2.34. The number of rotatable bonds is 5. The summed E-state index contributed by atoms with van der Waals surface area (Å²) >= 11 is 0. The summed E-state index contributed by atoms with van der Waals surface area (Å²) in [5.74, 6) is -0.203. The lowest BCUT2D eigenvalue weighted by molar-refractivity contribution is -0.129. The van der Waals surface area contributed by atoms with Gasteiger partial charge < -0.3 is 19.6 Å². The van der Waals surface area contributed by atoms with Crippen molar-refractivity contribution < 1.29 is 19.4 Å². The summed E-state index contributed by atoms with van der Waals surface area (Å²) in [6, 6.07) is 1.34. The first-order valence-corrected chi connectivity index (χ1v) is 9.87. The van der Waals surface area contributed by atoms with Crippen molar-refractivity contribution >= 4 is 11.8 Å². The molecule has 9 nitrogen and oxygen atoms in total. The maximum atomic E-state index is 13.4. The van der Waals surface area contributed by atoms with Crippen LogP contribution in [0, 0.1) is 5.92 Å². The molecule has 160 valence electrons. The van der Waals surface area contributed by atoms with Gasteiger partial charge in [-0.15, -0.1) is 0 Å². The van der Waals surface area contributed by atoms with Crippen LogP contribution in [0.25, 0.3) is 11.1 Å². The molecule has 9 heteroatoms. The van der Waals surface area contributed by atoms with Crippen LogP contribution >= 0.6 is 0 Å². The Bertz CT molecular complexity index is 908. The van der Waals surface area contributed by atoms with Gasteiger partial charge in [0.1, 0.15) is 18.0 Å². The van der Waals surface area contributed by atoms with Gasteiger partial charge in [0, 0.05) is 56.2 Å². The van der Waals surface area contributed by atoms with Crippen molar-refractivity contribution in [3.8, 4) is 17.0 Å². The van der Waals surface area contributed by atoms with E-state index < -0.39 is 0 Å². The Balaban J connectivity index is 2.05. The molecule has 3 atom stereocenters. The fraction of sp³-hybridized carbons (Fsp3) is 0.476. The largest absolute Gasteiger partial charge is 0.472 e. The number of aliphatic hydroxyl groups is 1. The molecule has 0 fully saturated rings. The fourth-order valence-electron chi connectivity index (χ4n) is 3.32. The second kappa shape index (κ2) is 9.17. The van der Waals surface area contributed by atoms with Crippen molar-refractivity contribution in [1.82, 2.24) is 24.8 Å². The smallest absolute Gasteiger partial charge is 0.259 e. The van der Waals surface area contributed by atoms with Gasteiger partial charge in [0.05, 0.1) is 19.2 Å². The predicted molar refractivity (Wildman–Crippen MR) is 110 cm³/mol. The van der Waals surface area contributed by atoms with Crippen LogP contribution in [0.2, 0.25) is 0 Å². The van der Waals surface area contributed by atoms with Gasteiger partial charge in [0.2, 0.25) is 11.8 Å². The summed E-state index contributed by atoms with van der Waals surface area (Å²) in [7, 11) is 1.71. The minimum Gasteiger partial charge on any atom is -0.472 e. The van der Waals surface area contributed by atoms with Gasteiger partial charge in [0.15, 0.2) is 0 Å². The van der Waals surface area contributed by atoms with E-state index in [1.165, 1.54) is 13.3 Å². The van der Waals surface area contributed by atoms with E-state index in [2.05, 4.69) is 15.0 Å². The highest BCUT2D eigenvalue weighted by atomic mass is 16.5. The molecule has 0 radical (unpaired) electrons.